The Kier molecular flexibility index (Phi) is 5.27. The topological polar surface area (TPSA) is 111 Å². The number of sulfonamides is 2. The van der Waals surface area contributed by atoms with Crippen molar-refractivity contribution in [2.75, 3.05) is 19.2 Å². The second kappa shape index (κ2) is 6.74. The first kappa shape index (κ1) is 18.8. The molecule has 2 rings (SSSR count). The second-order valence-electron chi connectivity index (χ2n) is 4.65. The molecule has 0 amide bonds. The average Bonchev–Trinajstić information content (AvgIpc) is 3.25. The first-order valence-electron chi connectivity index (χ1n) is 6.28. The van der Waals surface area contributed by atoms with Crippen molar-refractivity contribution in [2.24, 2.45) is 0 Å². The van der Waals surface area contributed by atoms with Gasteiger partial charge in [0, 0.05) is 6.07 Å². The summed E-state index contributed by atoms with van der Waals surface area (Å²) in [7, 11) is -10.9. The van der Waals surface area contributed by atoms with Crippen molar-refractivity contribution in [1.29, 1.82) is 0 Å². The average molecular weight is 391 g/mol. The number of nitrogens with one attached hydrogen (secondary N) is 1. The summed E-state index contributed by atoms with van der Waals surface area (Å²) in [6, 6.07) is 5.64. The molecule has 0 aromatic heterocycles. The van der Waals surface area contributed by atoms with Gasteiger partial charge in [0.25, 0.3) is 10.0 Å². The Morgan fingerprint density at radius 2 is 1.75 bits per heavy atom. The van der Waals surface area contributed by atoms with Gasteiger partial charge in [-0.1, -0.05) is 10.2 Å². The maximum absolute atomic E-state index is 12.2. The largest absolute Gasteiger partial charge is 0.512 e. The van der Waals surface area contributed by atoms with Crippen LogP contribution in [0.1, 0.15) is 0 Å². The molecule has 0 saturated carbocycles. The predicted octanol–water partition coefficient (Wildman–Crippen LogP) is 0.570. The zero-order valence-electron chi connectivity index (χ0n) is 11.8. The summed E-state index contributed by atoms with van der Waals surface area (Å²) in [5.74, 6) is -1.02. The molecule has 1 heterocycles. The van der Waals surface area contributed by atoms with Crippen LogP contribution in [0.5, 0.6) is 11.5 Å². The van der Waals surface area contributed by atoms with Gasteiger partial charge in [-0.3, -0.25) is 0 Å². The summed E-state index contributed by atoms with van der Waals surface area (Å²) in [6.07, 6.45) is -0.00766. The Hall–Kier alpha value is -1.57. The highest BCUT2D eigenvalue weighted by Crippen LogP contribution is 2.23. The molecule has 0 bridgehead atoms. The van der Waals surface area contributed by atoms with Gasteiger partial charge >= 0.3 is 15.5 Å². The van der Waals surface area contributed by atoms with Crippen molar-refractivity contribution in [1.82, 2.24) is 4.13 Å². The van der Waals surface area contributed by atoms with E-state index < -0.39 is 31.5 Å². The zero-order valence-corrected chi connectivity index (χ0v) is 13.4. The molecule has 1 fully saturated rings. The zero-order chi connectivity index (χ0) is 18.0. The Morgan fingerprint density at radius 3 is 2.29 bits per heavy atom. The maximum Gasteiger partial charge on any atom is 0.512 e. The molecule has 1 N–H and O–H groups in total. The van der Waals surface area contributed by atoms with Crippen LogP contribution in [0.4, 0.5) is 13.2 Å². The lowest BCUT2D eigenvalue weighted by Crippen LogP contribution is -2.41. The Labute approximate surface area is 135 Å². The number of alkyl halides is 3. The van der Waals surface area contributed by atoms with Crippen LogP contribution in [0.25, 0.3) is 0 Å². The number of rotatable bonds is 8. The molecule has 1 atom stereocenters. The highest BCUT2D eigenvalue weighted by Gasteiger charge is 2.48. The van der Waals surface area contributed by atoms with Gasteiger partial charge in [-0.25, -0.2) is 16.8 Å². The molecule has 1 aliphatic rings. The van der Waals surface area contributed by atoms with Crippen LogP contribution in [0.15, 0.2) is 24.3 Å². The lowest BCUT2D eigenvalue weighted by atomic mass is 10.3. The molecule has 136 valence electrons. The third-order valence-electron chi connectivity index (χ3n) is 2.57. The van der Waals surface area contributed by atoms with Crippen LogP contribution in [-0.4, -0.2) is 47.6 Å². The van der Waals surface area contributed by atoms with E-state index in [0.717, 1.165) is 0 Å². The van der Waals surface area contributed by atoms with Crippen molar-refractivity contribution in [3.63, 3.8) is 0 Å². The van der Waals surface area contributed by atoms with E-state index in [9.17, 15) is 30.0 Å². The standard InChI is InChI=1S/C11H12F3NO7S2/c12-11(13,14)24(18,19)15-23(16,17)7-22-9-3-1-2-8(4-9)20-5-10-6-21-10/h1-4,10,15H,5-7H2. The third-order valence-corrected chi connectivity index (χ3v) is 5.50. The van der Waals surface area contributed by atoms with Crippen LogP contribution in [0.2, 0.25) is 0 Å². The number of halogens is 3. The molecule has 0 aliphatic carbocycles. The molecule has 13 heteroatoms. The van der Waals surface area contributed by atoms with E-state index in [2.05, 4.69) is 0 Å². The van der Waals surface area contributed by atoms with E-state index in [1.165, 1.54) is 18.2 Å². The number of hydrogen-bond donors (Lipinski definition) is 1. The fraction of sp³-hybridized carbons (Fsp3) is 0.455. The summed E-state index contributed by atoms with van der Waals surface area (Å²) in [5.41, 5.74) is -5.75. The monoisotopic (exact) mass is 391 g/mol. The molecule has 24 heavy (non-hydrogen) atoms. The Bertz CT molecular complexity index is 788. The van der Waals surface area contributed by atoms with Gasteiger partial charge in [-0.15, -0.1) is 0 Å². The van der Waals surface area contributed by atoms with Crippen molar-refractivity contribution < 1.29 is 44.2 Å². The van der Waals surface area contributed by atoms with Crippen molar-refractivity contribution in [2.45, 2.75) is 11.6 Å². The minimum absolute atomic E-state index is 0.00766. The summed E-state index contributed by atoms with van der Waals surface area (Å²) in [5, 5.41) is 0. The van der Waals surface area contributed by atoms with Crippen LogP contribution < -0.4 is 13.6 Å². The lowest BCUT2D eigenvalue weighted by molar-refractivity contribution is -0.0441. The van der Waals surface area contributed by atoms with Crippen molar-refractivity contribution in [3.8, 4) is 11.5 Å². The molecule has 0 spiro atoms. The van der Waals surface area contributed by atoms with Gasteiger partial charge in [-0.2, -0.15) is 13.2 Å². The highest BCUT2D eigenvalue weighted by molar-refractivity contribution is 8.05. The lowest BCUT2D eigenvalue weighted by Gasteiger charge is -2.11. The molecule has 1 aromatic carbocycles. The fourth-order valence-electron chi connectivity index (χ4n) is 1.39. The molecule has 8 nitrogen and oxygen atoms in total. The normalized spacial score (nSPS) is 18.2. The second-order valence-corrected chi connectivity index (χ2v) is 8.25. The molecule has 1 unspecified atom stereocenters. The summed E-state index contributed by atoms with van der Waals surface area (Å²) in [4.78, 5) is 0. The van der Waals surface area contributed by atoms with Gasteiger partial charge < -0.3 is 14.2 Å². The molecular weight excluding hydrogens is 379 g/mol. The van der Waals surface area contributed by atoms with Gasteiger partial charge in [0.05, 0.1) is 6.61 Å². The van der Waals surface area contributed by atoms with Crippen LogP contribution in [0, 0.1) is 0 Å². The molecule has 1 saturated heterocycles. The molecule has 1 aromatic rings. The van der Waals surface area contributed by atoms with E-state index in [-0.39, 0.29) is 18.5 Å². The SMILES string of the molecule is O=S(=O)(COc1cccc(OCC2CO2)c1)NS(=O)(=O)C(F)(F)F. The van der Waals surface area contributed by atoms with Gasteiger partial charge in [0.15, 0.2) is 0 Å². The summed E-state index contributed by atoms with van der Waals surface area (Å²) >= 11 is 0. The summed E-state index contributed by atoms with van der Waals surface area (Å²) in [6.45, 7) is 0.862. The summed E-state index contributed by atoms with van der Waals surface area (Å²) < 4.78 is 96.4. The number of epoxide rings is 1. The number of hydrogen-bond acceptors (Lipinski definition) is 7. The van der Waals surface area contributed by atoms with E-state index in [1.807, 2.05) is 0 Å². The number of ether oxygens (including phenoxy) is 3. The Balaban J connectivity index is 1.95. The quantitative estimate of drug-likeness (QED) is 0.645. The fourth-order valence-corrected chi connectivity index (χ4v) is 3.59. The maximum atomic E-state index is 12.2. The smallest absolute Gasteiger partial charge is 0.491 e. The van der Waals surface area contributed by atoms with Crippen LogP contribution >= 0.6 is 0 Å². The first-order valence-corrected chi connectivity index (χ1v) is 9.42. The van der Waals surface area contributed by atoms with Crippen LogP contribution in [0.3, 0.4) is 0 Å². The number of benzene rings is 1. The van der Waals surface area contributed by atoms with E-state index in [1.54, 1.807) is 6.07 Å². The van der Waals surface area contributed by atoms with Gasteiger partial charge in [0.1, 0.15) is 24.2 Å². The van der Waals surface area contributed by atoms with Crippen molar-refractivity contribution in [3.05, 3.63) is 24.3 Å². The van der Waals surface area contributed by atoms with Crippen molar-refractivity contribution >= 4 is 20.0 Å². The van der Waals surface area contributed by atoms with Gasteiger partial charge in [0.2, 0.25) is 5.94 Å². The van der Waals surface area contributed by atoms with E-state index >= 15 is 0 Å². The third kappa shape index (κ3) is 5.51. The van der Waals surface area contributed by atoms with E-state index in [4.69, 9.17) is 14.2 Å². The molecule has 0 radical (unpaired) electrons. The van der Waals surface area contributed by atoms with E-state index in [0.29, 0.717) is 16.5 Å². The molecular formula is C11H12F3NO7S2. The van der Waals surface area contributed by atoms with Crippen LogP contribution in [-0.2, 0) is 24.8 Å². The highest BCUT2D eigenvalue weighted by atomic mass is 32.3. The molecule has 1 aliphatic heterocycles. The minimum atomic E-state index is -6.04. The van der Waals surface area contributed by atoms with Gasteiger partial charge in [-0.05, 0) is 12.1 Å². The predicted molar refractivity (Wildman–Crippen MR) is 74.2 cm³/mol. The minimum Gasteiger partial charge on any atom is -0.491 e. The first-order chi connectivity index (χ1) is 11.0. The Morgan fingerprint density at radius 1 is 1.17 bits per heavy atom.